The molecule has 8 heteroatoms. The summed E-state index contributed by atoms with van der Waals surface area (Å²) >= 11 is 0. The summed E-state index contributed by atoms with van der Waals surface area (Å²) in [5.41, 5.74) is 0. The van der Waals surface area contributed by atoms with Gasteiger partial charge in [-0.25, -0.2) is 0 Å². The van der Waals surface area contributed by atoms with E-state index < -0.39 is 48.4 Å². The third-order valence-electron chi connectivity index (χ3n) is 3.28. The molecule has 0 N–H and O–H groups in total. The van der Waals surface area contributed by atoms with E-state index in [1.165, 1.54) is 13.8 Å². The monoisotopic (exact) mass is 298 g/mol. The molecule has 0 amide bonds. The lowest BCUT2D eigenvalue weighted by Crippen LogP contribution is -2.56. The largest absolute Gasteiger partial charge is 0.456 e. The molecule has 0 aliphatic carbocycles. The Morgan fingerprint density at radius 3 is 1.90 bits per heavy atom. The molecular formula is C12H17F3O5. The van der Waals surface area contributed by atoms with Crippen molar-refractivity contribution < 1.29 is 37.0 Å². The van der Waals surface area contributed by atoms with Gasteiger partial charge >= 0.3 is 18.1 Å². The molecule has 0 aromatic carbocycles. The lowest BCUT2D eigenvalue weighted by atomic mass is 9.83. The van der Waals surface area contributed by atoms with Gasteiger partial charge in [-0.05, 0) is 5.92 Å². The minimum Gasteiger partial charge on any atom is -0.456 e. The van der Waals surface area contributed by atoms with E-state index in [-0.39, 0.29) is 0 Å². The Morgan fingerprint density at radius 1 is 1.00 bits per heavy atom. The summed E-state index contributed by atoms with van der Waals surface area (Å²) in [4.78, 5) is 22.0. The van der Waals surface area contributed by atoms with Crippen LogP contribution in [0, 0.1) is 11.8 Å². The van der Waals surface area contributed by atoms with Gasteiger partial charge in [0.15, 0.2) is 12.2 Å². The van der Waals surface area contributed by atoms with E-state index in [1.807, 2.05) is 0 Å². The van der Waals surface area contributed by atoms with Crippen molar-refractivity contribution >= 4 is 11.9 Å². The lowest BCUT2D eigenvalue weighted by molar-refractivity contribution is -0.328. The van der Waals surface area contributed by atoms with Crippen molar-refractivity contribution in [1.82, 2.24) is 0 Å². The number of hydrogen-bond donors (Lipinski definition) is 0. The van der Waals surface area contributed by atoms with Gasteiger partial charge in [-0.2, -0.15) is 13.2 Å². The van der Waals surface area contributed by atoms with Gasteiger partial charge in [0.25, 0.3) is 0 Å². The standard InChI is InChI=1S/C12H17F3O5/c1-5-6(2)10(12(13,14)15)20-11(19-8(4)17)9(5)18-7(3)16/h5-6,9-11H,1-4H3/t5-,6-,9?,10?,11?/m0/s1. The second kappa shape index (κ2) is 5.99. The molecule has 3 unspecified atom stereocenters. The Bertz CT molecular complexity index is 382. The molecule has 0 aromatic rings. The zero-order valence-corrected chi connectivity index (χ0v) is 11.6. The zero-order chi connectivity index (χ0) is 15.7. The highest BCUT2D eigenvalue weighted by atomic mass is 19.4. The summed E-state index contributed by atoms with van der Waals surface area (Å²) in [6.07, 6.45) is -9.29. The molecule has 1 fully saturated rings. The van der Waals surface area contributed by atoms with E-state index in [9.17, 15) is 22.8 Å². The molecule has 116 valence electrons. The second-order valence-corrected chi connectivity index (χ2v) is 4.87. The van der Waals surface area contributed by atoms with Crippen LogP contribution in [0.1, 0.15) is 27.7 Å². The lowest BCUT2D eigenvalue weighted by Gasteiger charge is -2.43. The van der Waals surface area contributed by atoms with Crippen LogP contribution in [-0.2, 0) is 23.8 Å². The third-order valence-corrected chi connectivity index (χ3v) is 3.28. The predicted molar refractivity (Wildman–Crippen MR) is 60.4 cm³/mol. The van der Waals surface area contributed by atoms with Crippen molar-refractivity contribution in [2.45, 2.75) is 52.4 Å². The highest BCUT2D eigenvalue weighted by Gasteiger charge is 2.55. The molecule has 0 saturated carbocycles. The molecule has 5 atom stereocenters. The Kier molecular flexibility index (Phi) is 5.01. The zero-order valence-electron chi connectivity index (χ0n) is 11.6. The minimum atomic E-state index is -4.59. The first kappa shape index (κ1) is 16.7. The molecule has 1 saturated heterocycles. The molecule has 0 aromatic heterocycles. The van der Waals surface area contributed by atoms with Crippen LogP contribution in [0.3, 0.4) is 0 Å². The second-order valence-electron chi connectivity index (χ2n) is 4.87. The molecule has 1 rings (SSSR count). The average Bonchev–Trinajstić information content (AvgIpc) is 2.25. The van der Waals surface area contributed by atoms with Gasteiger partial charge in [0, 0.05) is 19.8 Å². The summed E-state index contributed by atoms with van der Waals surface area (Å²) in [6, 6.07) is 0. The number of ether oxygens (including phenoxy) is 3. The first-order valence-electron chi connectivity index (χ1n) is 6.10. The Labute approximate surface area is 114 Å². The smallest absolute Gasteiger partial charge is 0.415 e. The quantitative estimate of drug-likeness (QED) is 0.730. The van der Waals surface area contributed by atoms with Gasteiger partial charge in [-0.15, -0.1) is 0 Å². The van der Waals surface area contributed by atoms with E-state index in [1.54, 1.807) is 0 Å². The third kappa shape index (κ3) is 3.84. The van der Waals surface area contributed by atoms with Crippen LogP contribution in [-0.4, -0.2) is 36.6 Å². The summed E-state index contributed by atoms with van der Waals surface area (Å²) < 4.78 is 53.1. The average molecular weight is 298 g/mol. The summed E-state index contributed by atoms with van der Waals surface area (Å²) in [5.74, 6) is -3.11. The number of rotatable bonds is 2. The van der Waals surface area contributed by atoms with Crippen LogP contribution < -0.4 is 0 Å². The van der Waals surface area contributed by atoms with E-state index in [4.69, 9.17) is 14.2 Å². The van der Waals surface area contributed by atoms with Crippen LogP contribution >= 0.6 is 0 Å². The maximum absolute atomic E-state index is 12.9. The maximum atomic E-state index is 12.9. The summed E-state index contributed by atoms with van der Waals surface area (Å²) in [5, 5.41) is 0. The first-order chi connectivity index (χ1) is 9.04. The number of carbonyl (C=O) groups excluding carboxylic acids is 2. The van der Waals surface area contributed by atoms with Gasteiger partial charge in [0.05, 0.1) is 0 Å². The van der Waals surface area contributed by atoms with Crippen LogP contribution in [0.2, 0.25) is 0 Å². The molecule has 1 heterocycles. The predicted octanol–water partition coefficient (Wildman–Crippen LogP) is 2.04. The molecule has 1 aliphatic rings. The van der Waals surface area contributed by atoms with Crippen molar-refractivity contribution in [2.24, 2.45) is 11.8 Å². The highest BCUT2D eigenvalue weighted by molar-refractivity contribution is 5.67. The van der Waals surface area contributed by atoms with Gasteiger partial charge in [0.2, 0.25) is 6.29 Å². The van der Waals surface area contributed by atoms with Crippen molar-refractivity contribution in [3.63, 3.8) is 0 Å². The SMILES string of the molecule is CC(=O)OC1OC(C(F)(F)F)[C@@H](C)[C@H](C)C1OC(C)=O. The number of halogens is 3. The van der Waals surface area contributed by atoms with E-state index in [2.05, 4.69) is 0 Å². The van der Waals surface area contributed by atoms with Crippen molar-refractivity contribution in [3.05, 3.63) is 0 Å². The Balaban J connectivity index is 3.00. The topological polar surface area (TPSA) is 61.8 Å². The normalized spacial score (nSPS) is 34.5. The van der Waals surface area contributed by atoms with Crippen LogP contribution in [0.4, 0.5) is 13.2 Å². The minimum absolute atomic E-state index is 0.677. The molecule has 0 spiro atoms. The van der Waals surface area contributed by atoms with Crippen LogP contribution in [0.15, 0.2) is 0 Å². The van der Waals surface area contributed by atoms with Crippen molar-refractivity contribution in [3.8, 4) is 0 Å². The van der Waals surface area contributed by atoms with E-state index in [0.29, 0.717) is 0 Å². The molecule has 5 nitrogen and oxygen atoms in total. The molecule has 0 radical (unpaired) electrons. The Morgan fingerprint density at radius 2 is 1.50 bits per heavy atom. The van der Waals surface area contributed by atoms with Crippen molar-refractivity contribution in [1.29, 1.82) is 0 Å². The van der Waals surface area contributed by atoms with Crippen molar-refractivity contribution in [2.75, 3.05) is 0 Å². The van der Waals surface area contributed by atoms with E-state index in [0.717, 1.165) is 13.8 Å². The van der Waals surface area contributed by atoms with E-state index >= 15 is 0 Å². The Hall–Kier alpha value is -1.31. The summed E-state index contributed by atoms with van der Waals surface area (Å²) in [7, 11) is 0. The van der Waals surface area contributed by atoms with Gasteiger partial charge in [-0.3, -0.25) is 9.59 Å². The molecule has 20 heavy (non-hydrogen) atoms. The fourth-order valence-corrected chi connectivity index (χ4v) is 2.16. The van der Waals surface area contributed by atoms with Crippen LogP contribution in [0.25, 0.3) is 0 Å². The first-order valence-corrected chi connectivity index (χ1v) is 6.10. The number of carbonyl (C=O) groups is 2. The van der Waals surface area contributed by atoms with Crippen LogP contribution in [0.5, 0.6) is 0 Å². The maximum Gasteiger partial charge on any atom is 0.415 e. The number of hydrogen-bond acceptors (Lipinski definition) is 5. The van der Waals surface area contributed by atoms with Gasteiger partial charge in [0.1, 0.15) is 0 Å². The number of esters is 2. The molecule has 0 bridgehead atoms. The fourth-order valence-electron chi connectivity index (χ4n) is 2.16. The van der Waals surface area contributed by atoms with Gasteiger partial charge < -0.3 is 14.2 Å². The van der Waals surface area contributed by atoms with Gasteiger partial charge in [-0.1, -0.05) is 13.8 Å². The fraction of sp³-hybridized carbons (Fsp3) is 0.833. The highest BCUT2D eigenvalue weighted by Crippen LogP contribution is 2.40. The molecular weight excluding hydrogens is 281 g/mol. The number of alkyl halides is 3. The summed E-state index contributed by atoms with van der Waals surface area (Å²) in [6.45, 7) is 5.01. The molecule has 1 aliphatic heterocycles.